The van der Waals surface area contributed by atoms with Gasteiger partial charge in [-0.3, -0.25) is 10.1 Å². The van der Waals surface area contributed by atoms with Crippen LogP contribution in [0.25, 0.3) is 0 Å². The smallest absolute Gasteiger partial charge is 0.245 e. The van der Waals surface area contributed by atoms with Crippen LogP contribution in [-0.4, -0.2) is 21.3 Å². The first kappa shape index (κ1) is 10.5. The molecule has 5 heteroatoms. The lowest BCUT2D eigenvalue weighted by molar-refractivity contribution is 0.305. The summed E-state index contributed by atoms with van der Waals surface area (Å²) in [6.45, 7) is 2.72. The van der Waals surface area contributed by atoms with Crippen LogP contribution in [0.1, 0.15) is 13.3 Å². The molecule has 0 saturated carbocycles. The Balaban J connectivity index is 2.04. The molecule has 2 aromatic heterocycles. The van der Waals surface area contributed by atoms with Crippen LogP contribution in [0.2, 0.25) is 0 Å². The summed E-state index contributed by atoms with van der Waals surface area (Å²) in [7, 11) is 0. The first-order valence-electron chi connectivity index (χ1n) is 5.24. The van der Waals surface area contributed by atoms with Gasteiger partial charge in [0.2, 0.25) is 11.8 Å². The molecule has 0 atom stereocenters. The van der Waals surface area contributed by atoms with Crippen LogP contribution in [0.15, 0.2) is 36.8 Å². The van der Waals surface area contributed by atoms with Crippen molar-refractivity contribution in [2.24, 2.45) is 0 Å². The molecule has 0 aliphatic heterocycles. The van der Waals surface area contributed by atoms with Crippen molar-refractivity contribution in [3.8, 4) is 5.88 Å². The summed E-state index contributed by atoms with van der Waals surface area (Å²) in [6.07, 6.45) is 6.39. The molecule has 16 heavy (non-hydrogen) atoms. The van der Waals surface area contributed by atoms with Crippen LogP contribution in [0.5, 0.6) is 5.88 Å². The number of ether oxygens (including phenoxy) is 1. The summed E-state index contributed by atoms with van der Waals surface area (Å²) >= 11 is 0. The quantitative estimate of drug-likeness (QED) is 0.833. The van der Waals surface area contributed by atoms with Gasteiger partial charge in [-0.25, -0.2) is 4.98 Å². The molecule has 2 aromatic rings. The Morgan fingerprint density at radius 3 is 2.94 bits per heavy atom. The second kappa shape index (κ2) is 5.16. The number of anilines is 1. The van der Waals surface area contributed by atoms with Crippen LogP contribution >= 0.6 is 0 Å². The van der Waals surface area contributed by atoms with Crippen molar-refractivity contribution in [3.05, 3.63) is 36.8 Å². The van der Waals surface area contributed by atoms with Gasteiger partial charge in [-0.15, -0.1) is 0 Å². The van der Waals surface area contributed by atoms with E-state index < -0.39 is 0 Å². The van der Waals surface area contributed by atoms with Gasteiger partial charge in [0.15, 0.2) is 0 Å². The van der Waals surface area contributed by atoms with E-state index >= 15 is 0 Å². The van der Waals surface area contributed by atoms with E-state index in [1.807, 2.05) is 24.5 Å². The standard InChI is InChI=1S/C11H14N4O/c1-2-9-16-10-5-6-12-11(13-10)14-15-7-3-4-8-15/h3-8H,2,9H2,1H3,(H,12,13,14). The van der Waals surface area contributed by atoms with Crippen LogP contribution in [-0.2, 0) is 0 Å². The minimum atomic E-state index is 0.518. The van der Waals surface area contributed by atoms with Crippen LogP contribution < -0.4 is 10.2 Å². The fourth-order valence-electron chi connectivity index (χ4n) is 1.21. The van der Waals surface area contributed by atoms with Gasteiger partial charge in [0.1, 0.15) is 0 Å². The number of hydrogen-bond donors (Lipinski definition) is 1. The van der Waals surface area contributed by atoms with E-state index in [0.717, 1.165) is 6.42 Å². The predicted octanol–water partition coefficient (Wildman–Crippen LogP) is 1.94. The molecule has 0 spiro atoms. The molecule has 0 aliphatic rings. The van der Waals surface area contributed by atoms with Crippen molar-refractivity contribution in [1.29, 1.82) is 0 Å². The Morgan fingerprint density at radius 1 is 1.38 bits per heavy atom. The van der Waals surface area contributed by atoms with Gasteiger partial charge >= 0.3 is 0 Å². The van der Waals surface area contributed by atoms with E-state index in [1.165, 1.54) is 0 Å². The average Bonchev–Trinajstić information content (AvgIpc) is 2.80. The van der Waals surface area contributed by atoms with Crippen molar-refractivity contribution in [2.45, 2.75) is 13.3 Å². The summed E-state index contributed by atoms with van der Waals surface area (Å²) < 4.78 is 7.19. The predicted molar refractivity (Wildman–Crippen MR) is 61.3 cm³/mol. The zero-order valence-electron chi connectivity index (χ0n) is 9.13. The van der Waals surface area contributed by atoms with E-state index in [9.17, 15) is 0 Å². The first-order chi connectivity index (χ1) is 7.88. The number of aromatic nitrogens is 3. The summed E-state index contributed by atoms with van der Waals surface area (Å²) in [5.41, 5.74) is 3.02. The van der Waals surface area contributed by atoms with Gasteiger partial charge in [-0.1, -0.05) is 6.92 Å². The van der Waals surface area contributed by atoms with Crippen molar-refractivity contribution < 1.29 is 4.74 Å². The third-order valence-corrected chi connectivity index (χ3v) is 1.92. The summed E-state index contributed by atoms with van der Waals surface area (Å²) in [6, 6.07) is 5.59. The molecule has 84 valence electrons. The monoisotopic (exact) mass is 218 g/mol. The van der Waals surface area contributed by atoms with Gasteiger partial charge in [0.05, 0.1) is 6.61 Å². The second-order valence-electron chi connectivity index (χ2n) is 3.27. The normalized spacial score (nSPS) is 10.1. The maximum Gasteiger partial charge on any atom is 0.245 e. The first-order valence-corrected chi connectivity index (χ1v) is 5.24. The molecule has 5 nitrogen and oxygen atoms in total. The van der Waals surface area contributed by atoms with Gasteiger partial charge in [-0.2, -0.15) is 4.98 Å². The van der Waals surface area contributed by atoms with Gasteiger partial charge in [0.25, 0.3) is 0 Å². The van der Waals surface area contributed by atoms with E-state index in [2.05, 4.69) is 22.3 Å². The number of nitrogens with one attached hydrogen (secondary N) is 1. The molecule has 0 amide bonds. The average molecular weight is 218 g/mol. The topological polar surface area (TPSA) is 52.0 Å². The highest BCUT2D eigenvalue weighted by Gasteiger charge is 1.99. The zero-order chi connectivity index (χ0) is 11.2. The van der Waals surface area contributed by atoms with Gasteiger partial charge < -0.3 is 4.74 Å². The molecular weight excluding hydrogens is 204 g/mol. The molecule has 0 aliphatic carbocycles. The van der Waals surface area contributed by atoms with Gasteiger partial charge in [0, 0.05) is 24.7 Å². The van der Waals surface area contributed by atoms with E-state index in [1.54, 1.807) is 16.9 Å². The molecule has 2 rings (SSSR count). The highest BCUT2D eigenvalue weighted by molar-refractivity contribution is 5.27. The zero-order valence-corrected chi connectivity index (χ0v) is 9.13. The lowest BCUT2D eigenvalue weighted by Gasteiger charge is -2.07. The third kappa shape index (κ3) is 2.73. The molecule has 0 aromatic carbocycles. The second-order valence-corrected chi connectivity index (χ2v) is 3.27. The third-order valence-electron chi connectivity index (χ3n) is 1.92. The van der Waals surface area contributed by atoms with Crippen molar-refractivity contribution >= 4 is 5.95 Å². The molecule has 2 heterocycles. The van der Waals surface area contributed by atoms with Gasteiger partial charge in [-0.05, 0) is 18.6 Å². The lowest BCUT2D eigenvalue weighted by Crippen LogP contribution is -2.09. The molecule has 0 bridgehead atoms. The minimum Gasteiger partial charge on any atom is -0.478 e. The van der Waals surface area contributed by atoms with E-state index in [-0.39, 0.29) is 0 Å². The molecule has 0 fully saturated rings. The minimum absolute atomic E-state index is 0.518. The maximum atomic E-state index is 5.41. The Hall–Kier alpha value is -2.04. The highest BCUT2D eigenvalue weighted by atomic mass is 16.5. The molecule has 0 saturated heterocycles. The van der Waals surface area contributed by atoms with E-state index in [0.29, 0.717) is 18.4 Å². The highest BCUT2D eigenvalue weighted by Crippen LogP contribution is 2.08. The van der Waals surface area contributed by atoms with Crippen molar-refractivity contribution in [3.63, 3.8) is 0 Å². The van der Waals surface area contributed by atoms with Crippen LogP contribution in [0.4, 0.5) is 5.95 Å². The fourth-order valence-corrected chi connectivity index (χ4v) is 1.21. The SMILES string of the molecule is CCCOc1ccnc(Nn2cccc2)n1. The van der Waals surface area contributed by atoms with Crippen LogP contribution in [0, 0.1) is 0 Å². The fraction of sp³-hybridized carbons (Fsp3) is 0.273. The summed E-state index contributed by atoms with van der Waals surface area (Å²) in [5, 5.41) is 0. The van der Waals surface area contributed by atoms with Crippen LogP contribution in [0.3, 0.4) is 0 Å². The van der Waals surface area contributed by atoms with Crippen molar-refractivity contribution in [2.75, 3.05) is 12.0 Å². The molecule has 0 unspecified atom stereocenters. The summed E-state index contributed by atoms with van der Waals surface area (Å²) in [5.74, 6) is 1.11. The molecular formula is C11H14N4O. The Morgan fingerprint density at radius 2 is 2.19 bits per heavy atom. The molecule has 0 radical (unpaired) electrons. The Bertz CT molecular complexity index is 427. The van der Waals surface area contributed by atoms with Crippen molar-refractivity contribution in [1.82, 2.24) is 14.6 Å². The van der Waals surface area contributed by atoms with E-state index in [4.69, 9.17) is 4.74 Å². The number of rotatable bonds is 5. The summed E-state index contributed by atoms with van der Waals surface area (Å²) in [4.78, 5) is 8.32. The Kier molecular flexibility index (Phi) is 3.38. The number of nitrogens with zero attached hydrogens (tertiary/aromatic N) is 3. The maximum absolute atomic E-state index is 5.41. The molecule has 1 N–H and O–H groups in total. The lowest BCUT2D eigenvalue weighted by atomic mass is 10.5. The number of hydrogen-bond acceptors (Lipinski definition) is 4. The largest absolute Gasteiger partial charge is 0.478 e. The Labute approximate surface area is 94.1 Å².